The van der Waals surface area contributed by atoms with Gasteiger partial charge in [-0.15, -0.1) is 10.2 Å². The fourth-order valence-electron chi connectivity index (χ4n) is 6.15. The Labute approximate surface area is 231 Å². The van der Waals surface area contributed by atoms with Gasteiger partial charge >= 0.3 is 0 Å². The van der Waals surface area contributed by atoms with E-state index in [9.17, 15) is 10.1 Å². The molecule has 5 heterocycles. The van der Waals surface area contributed by atoms with E-state index >= 15 is 0 Å². The van der Waals surface area contributed by atoms with Gasteiger partial charge < -0.3 is 15.5 Å². The first-order valence-corrected chi connectivity index (χ1v) is 14.1. The first-order valence-electron chi connectivity index (χ1n) is 13.3. The van der Waals surface area contributed by atoms with E-state index in [1.807, 2.05) is 30.5 Å². The van der Waals surface area contributed by atoms with Crippen molar-refractivity contribution in [2.45, 2.75) is 52.1 Å². The number of fused-ring (bicyclic) bond motifs is 3. The number of rotatable bonds is 6. The lowest BCUT2D eigenvalue weighted by atomic mass is 9.78. The van der Waals surface area contributed by atoms with Crippen molar-refractivity contribution in [2.75, 3.05) is 23.3 Å². The molecular formula is C28H31N9OS. The second-order valence-corrected chi connectivity index (χ2v) is 12.0. The second kappa shape index (κ2) is 9.61. The summed E-state index contributed by atoms with van der Waals surface area (Å²) in [6.07, 6.45) is 5.63. The summed E-state index contributed by atoms with van der Waals surface area (Å²) in [6.45, 7) is 9.72. The molecule has 0 spiro atoms. The Bertz CT molecular complexity index is 1590. The van der Waals surface area contributed by atoms with Crippen LogP contribution in [0.25, 0.3) is 27.5 Å². The van der Waals surface area contributed by atoms with Crippen molar-refractivity contribution in [1.82, 2.24) is 30.1 Å². The summed E-state index contributed by atoms with van der Waals surface area (Å²) in [5, 5.41) is 31.3. The number of nitriles is 1. The Hall–Kier alpha value is -4.04. The predicted octanol–water partition coefficient (Wildman–Crippen LogP) is 4.35. The molecule has 2 fully saturated rings. The lowest BCUT2D eigenvalue weighted by Crippen LogP contribution is -2.61. The van der Waals surface area contributed by atoms with Gasteiger partial charge in [-0.2, -0.15) is 10.4 Å². The van der Waals surface area contributed by atoms with Crippen LogP contribution in [0, 0.1) is 23.2 Å². The van der Waals surface area contributed by atoms with Gasteiger partial charge in [-0.3, -0.25) is 9.78 Å². The number of aromatic nitrogens is 5. The van der Waals surface area contributed by atoms with Crippen molar-refractivity contribution in [3.8, 4) is 28.0 Å². The van der Waals surface area contributed by atoms with Crippen molar-refractivity contribution in [2.24, 2.45) is 11.8 Å². The van der Waals surface area contributed by atoms with E-state index in [2.05, 4.69) is 57.7 Å². The van der Waals surface area contributed by atoms with Crippen molar-refractivity contribution in [3.05, 3.63) is 42.2 Å². The topological polar surface area (TPSA) is 124 Å². The standard InChI is InChI=1S/C28H31N9OS/c1-16(2)32-23-10-24(25-8-7-21-9-18(11-29)12-31-37(21)25)30-13-22(23)26-34-35-27(39-26)36-14-19-5-6-20(15-36)28(19,4)33-17(3)38/h7-10,12-13,16,19-20H,5-6,14-15H2,1-4H3,(H,30,32)(H,33,38)/t19-,20+,28?. The van der Waals surface area contributed by atoms with Gasteiger partial charge in [-0.25, -0.2) is 4.52 Å². The van der Waals surface area contributed by atoms with Gasteiger partial charge in [0.1, 0.15) is 6.07 Å². The molecule has 200 valence electrons. The number of carbonyl (C=O) groups is 1. The zero-order chi connectivity index (χ0) is 27.3. The van der Waals surface area contributed by atoms with Crippen LogP contribution < -0.4 is 15.5 Å². The summed E-state index contributed by atoms with van der Waals surface area (Å²) >= 11 is 1.58. The number of nitrogens with one attached hydrogen (secondary N) is 2. The van der Waals surface area contributed by atoms with Crippen molar-refractivity contribution in [3.63, 3.8) is 0 Å². The van der Waals surface area contributed by atoms with Crippen LogP contribution >= 0.6 is 11.3 Å². The van der Waals surface area contributed by atoms with E-state index in [0.717, 1.165) is 64.2 Å². The van der Waals surface area contributed by atoms with Crippen LogP contribution in [-0.2, 0) is 4.79 Å². The van der Waals surface area contributed by atoms with E-state index in [1.54, 1.807) is 29.0 Å². The summed E-state index contributed by atoms with van der Waals surface area (Å²) < 4.78 is 1.80. The first-order chi connectivity index (χ1) is 18.7. The Morgan fingerprint density at radius 1 is 1.18 bits per heavy atom. The Morgan fingerprint density at radius 3 is 2.64 bits per heavy atom. The van der Waals surface area contributed by atoms with E-state index in [4.69, 9.17) is 4.98 Å². The van der Waals surface area contributed by atoms with Gasteiger partial charge in [0.2, 0.25) is 11.0 Å². The van der Waals surface area contributed by atoms with Crippen LogP contribution in [0.4, 0.5) is 10.8 Å². The molecular weight excluding hydrogens is 510 g/mol. The molecule has 11 heteroatoms. The molecule has 2 aliphatic rings. The highest BCUT2D eigenvalue weighted by Crippen LogP contribution is 2.47. The number of nitrogens with zero attached hydrogens (tertiary/aromatic N) is 7. The third-order valence-corrected chi connectivity index (χ3v) is 9.06. The fourth-order valence-corrected chi connectivity index (χ4v) is 7.03. The molecule has 1 aliphatic heterocycles. The lowest BCUT2D eigenvalue weighted by Gasteiger charge is -2.45. The van der Waals surface area contributed by atoms with Crippen LogP contribution in [0.2, 0.25) is 0 Å². The predicted molar refractivity (Wildman–Crippen MR) is 151 cm³/mol. The van der Waals surface area contributed by atoms with Crippen LogP contribution in [0.3, 0.4) is 0 Å². The quantitative estimate of drug-likeness (QED) is 0.369. The Balaban J connectivity index is 1.30. The largest absolute Gasteiger partial charge is 0.382 e. The van der Waals surface area contributed by atoms with E-state index in [-0.39, 0.29) is 17.5 Å². The van der Waals surface area contributed by atoms with Gasteiger partial charge in [-0.1, -0.05) is 11.3 Å². The van der Waals surface area contributed by atoms with Crippen LogP contribution in [0.5, 0.6) is 0 Å². The molecule has 3 atom stereocenters. The average molecular weight is 542 g/mol. The molecule has 39 heavy (non-hydrogen) atoms. The van der Waals surface area contributed by atoms with Crippen molar-refractivity contribution >= 4 is 33.6 Å². The highest BCUT2D eigenvalue weighted by atomic mass is 32.1. The summed E-state index contributed by atoms with van der Waals surface area (Å²) in [5.41, 5.74) is 4.65. The monoisotopic (exact) mass is 541 g/mol. The minimum Gasteiger partial charge on any atom is -0.382 e. The third-order valence-electron chi connectivity index (χ3n) is 8.04. The highest BCUT2D eigenvalue weighted by Gasteiger charge is 2.51. The molecule has 6 rings (SSSR count). The SMILES string of the molecule is CC(=O)NC1(C)[C@@H]2CC[C@H]1CN(c1nnc(-c3cnc(-c4ccc5cc(C#N)cnn45)cc3NC(C)C)s1)C2. The molecule has 1 saturated carbocycles. The Morgan fingerprint density at radius 2 is 1.95 bits per heavy atom. The molecule has 1 aliphatic carbocycles. The second-order valence-electron chi connectivity index (χ2n) is 11.1. The number of carbonyl (C=O) groups excluding carboxylic acids is 1. The van der Waals surface area contributed by atoms with Crippen LogP contribution in [-0.4, -0.2) is 55.4 Å². The number of piperidine rings is 1. The summed E-state index contributed by atoms with van der Waals surface area (Å²) in [6, 6.07) is 10.1. The number of anilines is 2. The van der Waals surface area contributed by atoms with Crippen molar-refractivity contribution < 1.29 is 4.79 Å². The number of pyridine rings is 1. The normalized spacial score (nSPS) is 22.3. The fraction of sp³-hybridized carbons (Fsp3) is 0.429. The van der Waals surface area contributed by atoms with Gasteiger partial charge in [0.05, 0.1) is 34.2 Å². The zero-order valence-electron chi connectivity index (χ0n) is 22.5. The molecule has 1 amide bonds. The van der Waals surface area contributed by atoms with Crippen LogP contribution in [0.15, 0.2) is 36.7 Å². The van der Waals surface area contributed by atoms with E-state index in [0.29, 0.717) is 17.4 Å². The zero-order valence-corrected chi connectivity index (χ0v) is 23.3. The summed E-state index contributed by atoms with van der Waals surface area (Å²) in [5.74, 6) is 0.820. The van der Waals surface area contributed by atoms with Gasteiger partial charge in [0.25, 0.3) is 0 Å². The van der Waals surface area contributed by atoms with E-state index in [1.165, 1.54) is 0 Å². The molecule has 0 aromatic carbocycles. The number of hydrogen-bond donors (Lipinski definition) is 2. The molecule has 0 radical (unpaired) electrons. The smallest absolute Gasteiger partial charge is 0.217 e. The summed E-state index contributed by atoms with van der Waals surface area (Å²) in [7, 11) is 0. The molecule has 2 N–H and O–H groups in total. The van der Waals surface area contributed by atoms with E-state index < -0.39 is 0 Å². The third kappa shape index (κ3) is 4.48. The first kappa shape index (κ1) is 25.2. The maximum Gasteiger partial charge on any atom is 0.217 e. The Kier molecular flexibility index (Phi) is 6.22. The molecule has 1 unspecified atom stereocenters. The van der Waals surface area contributed by atoms with Gasteiger partial charge in [0.15, 0.2) is 5.01 Å². The maximum absolute atomic E-state index is 11.9. The molecule has 10 nitrogen and oxygen atoms in total. The molecule has 2 bridgehead atoms. The van der Waals surface area contributed by atoms with Gasteiger partial charge in [0, 0.05) is 43.5 Å². The molecule has 4 aromatic rings. The molecule has 4 aromatic heterocycles. The number of hydrogen-bond acceptors (Lipinski definition) is 9. The lowest BCUT2D eigenvalue weighted by molar-refractivity contribution is -0.121. The minimum absolute atomic E-state index is 0.0398. The van der Waals surface area contributed by atoms with Crippen LogP contribution in [0.1, 0.15) is 46.1 Å². The maximum atomic E-state index is 11.9. The number of amides is 1. The molecule has 1 saturated heterocycles. The highest BCUT2D eigenvalue weighted by molar-refractivity contribution is 7.18. The summed E-state index contributed by atoms with van der Waals surface area (Å²) in [4.78, 5) is 19.0. The minimum atomic E-state index is -0.155. The average Bonchev–Trinajstić information content (AvgIpc) is 3.57. The van der Waals surface area contributed by atoms with Gasteiger partial charge in [-0.05, 0) is 69.7 Å². The van der Waals surface area contributed by atoms with Crippen molar-refractivity contribution in [1.29, 1.82) is 5.26 Å².